The van der Waals surface area contributed by atoms with Crippen molar-refractivity contribution in [3.63, 3.8) is 0 Å². The number of fused-ring (bicyclic) bond motifs is 1. The molecular weight excluding hydrogens is 426 g/mol. The maximum atomic E-state index is 12.2. The molecule has 4 rings (SSSR count). The summed E-state index contributed by atoms with van der Waals surface area (Å²) in [6.07, 6.45) is 0. The van der Waals surface area contributed by atoms with Gasteiger partial charge in [0.2, 0.25) is 0 Å². The highest BCUT2D eigenvalue weighted by Gasteiger charge is 2.06. The average molecular weight is 442 g/mol. The summed E-state index contributed by atoms with van der Waals surface area (Å²) in [7, 11) is 0. The molecule has 0 aliphatic carbocycles. The van der Waals surface area contributed by atoms with Crippen LogP contribution in [-0.2, 0) is 6.54 Å². The van der Waals surface area contributed by atoms with E-state index in [4.69, 9.17) is 4.74 Å². The number of ether oxygens (including phenoxy) is 1. The molecule has 2 heterocycles. The van der Waals surface area contributed by atoms with Gasteiger partial charge in [-0.05, 0) is 55.5 Å². The summed E-state index contributed by atoms with van der Waals surface area (Å²) in [6.45, 7) is 2.39. The Balaban J connectivity index is 1.43. The molecule has 0 amide bonds. The van der Waals surface area contributed by atoms with E-state index < -0.39 is 0 Å². The molecule has 136 valence electrons. The van der Waals surface area contributed by atoms with Crippen LogP contribution in [0.5, 0.6) is 11.5 Å². The van der Waals surface area contributed by atoms with E-state index in [9.17, 15) is 4.79 Å². The second kappa shape index (κ2) is 7.54. The summed E-state index contributed by atoms with van der Waals surface area (Å²) in [6, 6.07) is 16.9. The number of aromatic nitrogens is 2. The van der Waals surface area contributed by atoms with Crippen LogP contribution in [-0.4, -0.2) is 9.38 Å². The number of nitrogens with one attached hydrogen (secondary N) is 1. The predicted molar refractivity (Wildman–Crippen MR) is 112 cm³/mol. The van der Waals surface area contributed by atoms with Gasteiger partial charge in [0.05, 0.1) is 12.2 Å². The highest BCUT2D eigenvalue weighted by Crippen LogP contribution is 2.24. The summed E-state index contributed by atoms with van der Waals surface area (Å²) in [4.78, 5) is 17.5. The van der Waals surface area contributed by atoms with Gasteiger partial charge in [-0.15, -0.1) is 11.3 Å². The normalized spacial score (nSPS) is 10.9. The molecule has 0 saturated carbocycles. The van der Waals surface area contributed by atoms with E-state index in [1.54, 1.807) is 10.5 Å². The van der Waals surface area contributed by atoms with Crippen LogP contribution in [0.1, 0.15) is 11.4 Å². The Morgan fingerprint density at radius 1 is 1.11 bits per heavy atom. The molecule has 5 nitrogen and oxygen atoms in total. The van der Waals surface area contributed by atoms with Crippen LogP contribution in [0.4, 0.5) is 5.69 Å². The van der Waals surface area contributed by atoms with Gasteiger partial charge in [0.15, 0.2) is 4.96 Å². The van der Waals surface area contributed by atoms with Crippen molar-refractivity contribution in [1.82, 2.24) is 9.38 Å². The number of aryl methyl sites for hydroxylation is 1. The smallest absolute Gasteiger partial charge is 0.259 e. The molecule has 7 heteroatoms. The van der Waals surface area contributed by atoms with Crippen LogP contribution in [0.15, 0.2) is 69.2 Å². The van der Waals surface area contributed by atoms with Gasteiger partial charge in [0.25, 0.3) is 5.56 Å². The van der Waals surface area contributed by atoms with Crippen molar-refractivity contribution >= 4 is 37.9 Å². The second-order valence-electron chi connectivity index (χ2n) is 6.01. The highest BCUT2D eigenvalue weighted by molar-refractivity contribution is 9.10. The van der Waals surface area contributed by atoms with E-state index in [2.05, 4.69) is 26.2 Å². The third-order valence-electron chi connectivity index (χ3n) is 4.01. The van der Waals surface area contributed by atoms with E-state index in [1.807, 2.05) is 60.8 Å². The number of thiazole rings is 1. The summed E-state index contributed by atoms with van der Waals surface area (Å²) in [5, 5.41) is 5.23. The molecule has 2 aromatic heterocycles. The molecule has 0 radical (unpaired) electrons. The van der Waals surface area contributed by atoms with E-state index in [1.165, 1.54) is 11.3 Å². The summed E-state index contributed by atoms with van der Waals surface area (Å²) >= 11 is 4.88. The molecule has 0 saturated heterocycles. The van der Waals surface area contributed by atoms with Crippen molar-refractivity contribution in [3.8, 4) is 11.5 Å². The number of rotatable bonds is 5. The Kier molecular flexibility index (Phi) is 4.96. The Morgan fingerprint density at radius 2 is 1.78 bits per heavy atom. The fourth-order valence-electron chi connectivity index (χ4n) is 2.66. The zero-order valence-electron chi connectivity index (χ0n) is 14.5. The number of hydrogen-bond donors (Lipinski definition) is 1. The van der Waals surface area contributed by atoms with E-state index in [0.29, 0.717) is 6.54 Å². The first-order valence-corrected chi connectivity index (χ1v) is 10.00. The van der Waals surface area contributed by atoms with Gasteiger partial charge in [0, 0.05) is 27.3 Å². The van der Waals surface area contributed by atoms with Crippen molar-refractivity contribution in [2.24, 2.45) is 0 Å². The standard InChI is InChI=1S/C20H16BrN3O2S/c1-13-12-27-20-23-16(10-19(25)24(13)20)11-22-15-4-8-18(9-5-15)26-17-6-2-14(21)3-7-17/h2-10,12,22H,11H2,1H3. The average Bonchev–Trinajstić information content (AvgIpc) is 3.04. The van der Waals surface area contributed by atoms with Gasteiger partial charge in [-0.3, -0.25) is 9.20 Å². The molecule has 4 aromatic rings. The van der Waals surface area contributed by atoms with Gasteiger partial charge < -0.3 is 10.1 Å². The molecule has 0 aliphatic heterocycles. The minimum absolute atomic E-state index is 0.0474. The van der Waals surface area contributed by atoms with Crippen LogP contribution in [0, 0.1) is 6.92 Å². The van der Waals surface area contributed by atoms with Crippen molar-refractivity contribution in [2.45, 2.75) is 13.5 Å². The summed E-state index contributed by atoms with van der Waals surface area (Å²) in [5.74, 6) is 1.54. The molecule has 0 aliphatic rings. The molecular formula is C20H16BrN3O2S. The number of hydrogen-bond acceptors (Lipinski definition) is 5. The number of halogens is 1. The molecule has 0 spiro atoms. The zero-order chi connectivity index (χ0) is 18.8. The number of anilines is 1. The Labute approximate surface area is 168 Å². The highest BCUT2D eigenvalue weighted by atomic mass is 79.9. The zero-order valence-corrected chi connectivity index (χ0v) is 16.9. The molecule has 0 fully saturated rings. The summed E-state index contributed by atoms with van der Waals surface area (Å²) in [5.41, 5.74) is 2.52. The maximum absolute atomic E-state index is 12.2. The lowest BCUT2D eigenvalue weighted by Crippen LogP contribution is -2.16. The first kappa shape index (κ1) is 17.8. The van der Waals surface area contributed by atoms with Crippen molar-refractivity contribution in [3.05, 3.63) is 86.2 Å². The molecule has 27 heavy (non-hydrogen) atoms. The topological polar surface area (TPSA) is 55.6 Å². The van der Waals surface area contributed by atoms with Gasteiger partial charge in [0.1, 0.15) is 11.5 Å². The van der Waals surface area contributed by atoms with Crippen LogP contribution in [0.3, 0.4) is 0 Å². The van der Waals surface area contributed by atoms with Gasteiger partial charge in [-0.25, -0.2) is 4.98 Å². The van der Waals surface area contributed by atoms with Gasteiger partial charge in [-0.2, -0.15) is 0 Å². The first-order chi connectivity index (χ1) is 13.1. The lowest BCUT2D eigenvalue weighted by atomic mass is 10.3. The molecule has 0 bridgehead atoms. The Hall–Kier alpha value is -2.64. The minimum atomic E-state index is -0.0474. The number of benzene rings is 2. The lowest BCUT2D eigenvalue weighted by molar-refractivity contribution is 0.482. The number of nitrogens with zero attached hydrogens (tertiary/aromatic N) is 2. The van der Waals surface area contributed by atoms with Crippen LogP contribution in [0.2, 0.25) is 0 Å². The Morgan fingerprint density at radius 3 is 2.48 bits per heavy atom. The molecule has 2 aromatic carbocycles. The minimum Gasteiger partial charge on any atom is -0.457 e. The maximum Gasteiger partial charge on any atom is 0.259 e. The van der Waals surface area contributed by atoms with Crippen molar-refractivity contribution in [2.75, 3.05) is 5.32 Å². The third-order valence-corrected chi connectivity index (χ3v) is 5.48. The Bertz CT molecular complexity index is 1130. The summed E-state index contributed by atoms with van der Waals surface area (Å²) < 4.78 is 8.45. The quantitative estimate of drug-likeness (QED) is 0.460. The fourth-order valence-corrected chi connectivity index (χ4v) is 3.82. The lowest BCUT2D eigenvalue weighted by Gasteiger charge is -2.09. The van der Waals surface area contributed by atoms with Crippen LogP contribution < -0.4 is 15.6 Å². The SMILES string of the molecule is Cc1csc2nc(CNc3ccc(Oc4ccc(Br)cc4)cc3)cc(=O)n12. The van der Waals surface area contributed by atoms with Crippen molar-refractivity contribution in [1.29, 1.82) is 0 Å². The second-order valence-corrected chi connectivity index (χ2v) is 7.77. The van der Waals surface area contributed by atoms with Crippen LogP contribution in [0.25, 0.3) is 4.96 Å². The van der Waals surface area contributed by atoms with E-state index in [-0.39, 0.29) is 5.56 Å². The van der Waals surface area contributed by atoms with Gasteiger partial charge in [-0.1, -0.05) is 15.9 Å². The monoisotopic (exact) mass is 441 g/mol. The molecule has 1 N–H and O–H groups in total. The van der Waals surface area contributed by atoms with Crippen molar-refractivity contribution < 1.29 is 4.74 Å². The fraction of sp³-hybridized carbons (Fsp3) is 0.100. The molecule has 0 unspecified atom stereocenters. The van der Waals surface area contributed by atoms with E-state index >= 15 is 0 Å². The van der Waals surface area contributed by atoms with Gasteiger partial charge >= 0.3 is 0 Å². The largest absolute Gasteiger partial charge is 0.457 e. The molecule has 0 atom stereocenters. The van der Waals surface area contributed by atoms with E-state index in [0.717, 1.165) is 38.0 Å². The predicted octanol–water partition coefficient (Wildman–Crippen LogP) is 5.23. The third kappa shape index (κ3) is 4.04. The van der Waals surface area contributed by atoms with Crippen LogP contribution >= 0.6 is 27.3 Å². The first-order valence-electron chi connectivity index (χ1n) is 8.33.